The largest absolute Gasteiger partial charge is 0.460 e. The van der Waals surface area contributed by atoms with Crippen molar-refractivity contribution in [3.63, 3.8) is 0 Å². The number of furan rings is 1. The van der Waals surface area contributed by atoms with Crippen molar-refractivity contribution in [1.82, 2.24) is 9.88 Å². The van der Waals surface area contributed by atoms with Crippen LogP contribution in [0.2, 0.25) is 10.0 Å². The minimum absolute atomic E-state index is 0.00561. The predicted octanol–water partition coefficient (Wildman–Crippen LogP) is 1.53. The van der Waals surface area contributed by atoms with E-state index in [0.29, 0.717) is 49.7 Å². The first-order valence-electron chi connectivity index (χ1n) is 8.79. The Morgan fingerprint density at radius 2 is 1.97 bits per heavy atom. The maximum Gasteiger partial charge on any atom is 0.313 e. The summed E-state index contributed by atoms with van der Waals surface area (Å²) in [5.41, 5.74) is 0.212. The van der Waals surface area contributed by atoms with Gasteiger partial charge in [0.1, 0.15) is 11.5 Å². The molecular weight excluding hydrogens is 451 g/mol. The summed E-state index contributed by atoms with van der Waals surface area (Å²) in [6, 6.07) is 7.80. The molecule has 8 nitrogen and oxygen atoms in total. The summed E-state index contributed by atoms with van der Waals surface area (Å²) >= 11 is 13.0. The van der Waals surface area contributed by atoms with E-state index in [4.69, 9.17) is 27.6 Å². The molecule has 154 valence electrons. The maximum absolute atomic E-state index is 12.3. The molecule has 0 bridgehead atoms. The molecule has 4 rings (SSSR count). The highest BCUT2D eigenvalue weighted by Gasteiger charge is 2.15. The third-order valence-corrected chi connectivity index (χ3v) is 5.65. The molecule has 0 aliphatic carbocycles. The van der Waals surface area contributed by atoms with Crippen molar-refractivity contribution in [2.24, 2.45) is 4.99 Å². The lowest BCUT2D eigenvalue weighted by Crippen LogP contribution is -2.34. The van der Waals surface area contributed by atoms with E-state index in [1.54, 1.807) is 22.8 Å². The van der Waals surface area contributed by atoms with Gasteiger partial charge in [0.15, 0.2) is 4.80 Å². The second-order valence-electron chi connectivity index (χ2n) is 6.33. The molecule has 11 heteroatoms. The quantitative estimate of drug-likeness (QED) is 0.570. The van der Waals surface area contributed by atoms with Crippen molar-refractivity contribution >= 4 is 58.1 Å². The smallest absolute Gasteiger partial charge is 0.313 e. The molecule has 0 unspecified atom stereocenters. The third-order valence-electron chi connectivity index (χ3n) is 4.16. The van der Waals surface area contributed by atoms with Crippen molar-refractivity contribution in [2.45, 2.75) is 13.1 Å². The van der Waals surface area contributed by atoms with Crippen molar-refractivity contribution in [1.29, 1.82) is 0 Å². The van der Waals surface area contributed by atoms with Crippen LogP contribution in [0.4, 0.5) is 5.69 Å². The number of aromatic nitrogens is 1. The zero-order valence-electron chi connectivity index (χ0n) is 15.3. The van der Waals surface area contributed by atoms with Crippen molar-refractivity contribution in [3.05, 3.63) is 71.6 Å². The van der Waals surface area contributed by atoms with Gasteiger partial charge in [-0.05, 0) is 30.3 Å². The second kappa shape index (κ2) is 8.47. The maximum atomic E-state index is 12.3. The fourth-order valence-electron chi connectivity index (χ4n) is 2.83. The van der Waals surface area contributed by atoms with Gasteiger partial charge in [-0.3, -0.25) is 23.9 Å². The summed E-state index contributed by atoms with van der Waals surface area (Å²) in [5.74, 6) is -0.809. The number of halogens is 2. The molecule has 2 amide bonds. The molecule has 0 radical (unpaired) electrons. The number of benzene rings is 1. The number of anilines is 1. The van der Waals surface area contributed by atoms with Gasteiger partial charge < -0.3 is 15.1 Å². The number of thiazole rings is 1. The molecular formula is C19H14Cl2N4O4S. The first kappa shape index (κ1) is 20.4. The zero-order chi connectivity index (χ0) is 21.3. The van der Waals surface area contributed by atoms with Crippen LogP contribution >= 0.6 is 34.5 Å². The monoisotopic (exact) mass is 464 g/mol. The molecule has 3 heterocycles. The molecule has 0 spiro atoms. The number of fused-ring (bicyclic) bond motifs is 1. The van der Waals surface area contributed by atoms with E-state index < -0.39 is 11.8 Å². The van der Waals surface area contributed by atoms with Gasteiger partial charge in [-0.1, -0.05) is 34.5 Å². The van der Waals surface area contributed by atoms with Crippen LogP contribution in [0, 0.1) is 0 Å². The number of amides is 2. The standard InChI is InChI=1S/C19H14Cl2N4O4S/c20-10-5-11(21)7-12(6-10)24-17(27)16(26)23-9-14-2-1-13(29-14)8-15-18(28)25-4-3-22-19(25)30-15/h1-2,5-8H,3-4,9H2,(H,23,26)(H,24,27)/b15-8-. The fraction of sp³-hybridized carbons (Fsp3) is 0.158. The Morgan fingerprint density at radius 3 is 2.70 bits per heavy atom. The van der Waals surface area contributed by atoms with E-state index in [0.717, 1.165) is 0 Å². The summed E-state index contributed by atoms with van der Waals surface area (Å²) in [4.78, 5) is 41.3. The lowest BCUT2D eigenvalue weighted by Gasteiger charge is -2.06. The van der Waals surface area contributed by atoms with E-state index in [1.807, 2.05) is 0 Å². The Bertz CT molecular complexity index is 1300. The molecule has 2 aromatic heterocycles. The van der Waals surface area contributed by atoms with Crippen LogP contribution in [0.1, 0.15) is 11.5 Å². The Kier molecular flexibility index (Phi) is 5.76. The highest BCUT2D eigenvalue weighted by Crippen LogP contribution is 2.22. The number of hydrogen-bond acceptors (Lipinski definition) is 6. The Hall–Kier alpha value is -2.88. The average Bonchev–Trinajstić information content (AvgIpc) is 3.39. The van der Waals surface area contributed by atoms with Crippen molar-refractivity contribution in [3.8, 4) is 0 Å². The number of carbonyl (C=O) groups excluding carboxylic acids is 2. The molecule has 3 aromatic rings. The molecule has 2 N–H and O–H groups in total. The van der Waals surface area contributed by atoms with Crippen LogP contribution < -0.4 is 25.5 Å². The summed E-state index contributed by atoms with van der Waals surface area (Å²) in [6.07, 6.45) is 1.63. The van der Waals surface area contributed by atoms with Crippen LogP contribution in [-0.2, 0) is 22.7 Å². The Labute approximate surface area is 183 Å². The number of carbonyl (C=O) groups is 2. The van der Waals surface area contributed by atoms with Gasteiger partial charge in [0.2, 0.25) is 0 Å². The van der Waals surface area contributed by atoms with Crippen molar-refractivity contribution in [2.75, 3.05) is 11.9 Å². The average molecular weight is 465 g/mol. The summed E-state index contributed by atoms with van der Waals surface area (Å²) in [6.45, 7) is 1.23. The van der Waals surface area contributed by atoms with Gasteiger partial charge in [0, 0.05) is 28.4 Å². The minimum Gasteiger partial charge on any atom is -0.460 e. The van der Waals surface area contributed by atoms with Gasteiger partial charge in [0.25, 0.3) is 5.56 Å². The van der Waals surface area contributed by atoms with Gasteiger partial charge in [0.05, 0.1) is 17.6 Å². The van der Waals surface area contributed by atoms with Crippen LogP contribution in [0.3, 0.4) is 0 Å². The van der Waals surface area contributed by atoms with E-state index in [9.17, 15) is 14.4 Å². The molecule has 0 saturated heterocycles. The summed E-state index contributed by atoms with van der Waals surface area (Å²) in [5, 5.41) is 5.56. The van der Waals surface area contributed by atoms with Gasteiger partial charge >= 0.3 is 11.8 Å². The first-order chi connectivity index (χ1) is 14.4. The predicted molar refractivity (Wildman–Crippen MR) is 113 cm³/mol. The molecule has 1 aromatic carbocycles. The normalized spacial score (nSPS) is 13.1. The van der Waals surface area contributed by atoms with E-state index >= 15 is 0 Å². The second-order valence-corrected chi connectivity index (χ2v) is 8.21. The SMILES string of the molecule is O=C(NCc1ccc(/C=c2\sc3n(c2=O)CCN=3)o1)C(=O)Nc1cc(Cl)cc(Cl)c1. The molecule has 0 saturated carbocycles. The lowest BCUT2D eigenvalue weighted by atomic mass is 10.3. The van der Waals surface area contributed by atoms with Gasteiger partial charge in [-0.25, -0.2) is 0 Å². The minimum atomic E-state index is -0.864. The van der Waals surface area contributed by atoms with Gasteiger partial charge in [-0.15, -0.1) is 0 Å². The Balaban J connectivity index is 1.38. The highest BCUT2D eigenvalue weighted by molar-refractivity contribution is 7.07. The van der Waals surface area contributed by atoms with Gasteiger partial charge in [-0.2, -0.15) is 0 Å². The number of nitrogens with one attached hydrogen (secondary N) is 2. The fourth-order valence-corrected chi connectivity index (χ4v) is 4.36. The van der Waals surface area contributed by atoms with E-state index in [2.05, 4.69) is 15.6 Å². The van der Waals surface area contributed by atoms with E-state index in [-0.39, 0.29) is 12.1 Å². The highest BCUT2D eigenvalue weighted by atomic mass is 35.5. The molecule has 0 atom stereocenters. The van der Waals surface area contributed by atoms with Crippen LogP contribution in [-0.4, -0.2) is 22.9 Å². The van der Waals surface area contributed by atoms with Crippen LogP contribution in [0.5, 0.6) is 0 Å². The number of nitrogens with zero attached hydrogens (tertiary/aromatic N) is 2. The van der Waals surface area contributed by atoms with E-state index in [1.165, 1.54) is 29.5 Å². The molecule has 1 aliphatic heterocycles. The zero-order valence-corrected chi connectivity index (χ0v) is 17.6. The number of hydrogen-bond donors (Lipinski definition) is 2. The topological polar surface area (TPSA) is 106 Å². The molecule has 0 fully saturated rings. The van der Waals surface area contributed by atoms with Crippen LogP contribution in [0.25, 0.3) is 6.08 Å². The molecule has 1 aliphatic rings. The molecule has 30 heavy (non-hydrogen) atoms. The lowest BCUT2D eigenvalue weighted by molar-refractivity contribution is -0.136. The summed E-state index contributed by atoms with van der Waals surface area (Å²) in [7, 11) is 0. The van der Waals surface area contributed by atoms with Crippen LogP contribution in [0.15, 0.2) is 44.5 Å². The summed E-state index contributed by atoms with van der Waals surface area (Å²) < 4.78 is 7.77. The number of rotatable bonds is 4. The van der Waals surface area contributed by atoms with Crippen molar-refractivity contribution < 1.29 is 14.0 Å². The third kappa shape index (κ3) is 4.48. The Morgan fingerprint density at radius 1 is 1.20 bits per heavy atom. The first-order valence-corrected chi connectivity index (χ1v) is 10.4.